The summed E-state index contributed by atoms with van der Waals surface area (Å²) in [5.41, 5.74) is 3.79. The molecule has 1 atom stereocenters. The van der Waals surface area contributed by atoms with Crippen molar-refractivity contribution in [2.24, 2.45) is 0 Å². The average Bonchev–Trinajstić information content (AvgIpc) is 2.72. The summed E-state index contributed by atoms with van der Waals surface area (Å²) in [6, 6.07) is 15.6. The number of carbonyl (C=O) groups is 2. The van der Waals surface area contributed by atoms with Crippen LogP contribution in [-0.2, 0) is 11.3 Å². The number of amides is 3. The van der Waals surface area contributed by atoms with Gasteiger partial charge in [0.25, 0.3) is 0 Å². The molecule has 6 nitrogen and oxygen atoms in total. The number of hydrogen-bond acceptors (Lipinski definition) is 3. The van der Waals surface area contributed by atoms with Crippen molar-refractivity contribution in [2.75, 3.05) is 30.9 Å². The number of benzene rings is 2. The zero-order valence-electron chi connectivity index (χ0n) is 18.0. The van der Waals surface area contributed by atoms with Crippen LogP contribution in [0.15, 0.2) is 48.5 Å². The first-order valence-electron chi connectivity index (χ1n) is 10.1. The molecule has 0 unspecified atom stereocenters. The third-order valence-corrected chi connectivity index (χ3v) is 4.85. The van der Waals surface area contributed by atoms with Crippen LogP contribution in [0.4, 0.5) is 16.2 Å². The first kappa shape index (κ1) is 22.3. The van der Waals surface area contributed by atoms with E-state index in [1.54, 1.807) is 0 Å². The van der Waals surface area contributed by atoms with Crippen molar-refractivity contribution in [1.82, 2.24) is 10.2 Å². The molecule has 0 saturated heterocycles. The van der Waals surface area contributed by atoms with E-state index in [-0.39, 0.29) is 18.0 Å². The van der Waals surface area contributed by atoms with Gasteiger partial charge in [-0.25, -0.2) is 4.79 Å². The molecule has 29 heavy (non-hydrogen) atoms. The molecule has 0 fully saturated rings. The predicted molar refractivity (Wildman–Crippen MR) is 119 cm³/mol. The summed E-state index contributed by atoms with van der Waals surface area (Å²) in [6.45, 7) is 6.75. The van der Waals surface area contributed by atoms with Crippen molar-refractivity contribution in [3.63, 3.8) is 0 Å². The fourth-order valence-corrected chi connectivity index (χ4v) is 3.21. The monoisotopic (exact) mass is 396 g/mol. The standard InChI is InChI=1S/C23H32N4O2/c1-6-22(28)25-20-13-14-21(26(4)5)19(15-20)16-27(23(29)24-7-2)17(3)18-11-9-8-10-12-18/h8-15,17H,6-7,16H2,1-5H3,(H,24,29)(H,25,28)/t17-/m1/s1. The van der Waals surface area contributed by atoms with Gasteiger partial charge in [0.1, 0.15) is 0 Å². The molecule has 0 spiro atoms. The maximum absolute atomic E-state index is 12.9. The van der Waals surface area contributed by atoms with Crippen LogP contribution in [-0.4, -0.2) is 37.5 Å². The van der Waals surface area contributed by atoms with Gasteiger partial charge in [0.05, 0.1) is 12.6 Å². The van der Waals surface area contributed by atoms with Gasteiger partial charge in [-0.1, -0.05) is 37.3 Å². The average molecular weight is 397 g/mol. The molecule has 2 rings (SSSR count). The van der Waals surface area contributed by atoms with Gasteiger partial charge in [0.15, 0.2) is 0 Å². The Morgan fingerprint density at radius 2 is 1.72 bits per heavy atom. The molecule has 0 aliphatic carbocycles. The lowest BCUT2D eigenvalue weighted by Gasteiger charge is -2.31. The molecule has 156 valence electrons. The van der Waals surface area contributed by atoms with Crippen molar-refractivity contribution < 1.29 is 9.59 Å². The van der Waals surface area contributed by atoms with Crippen molar-refractivity contribution >= 4 is 23.3 Å². The van der Waals surface area contributed by atoms with E-state index in [1.165, 1.54) is 0 Å². The topological polar surface area (TPSA) is 64.7 Å². The first-order chi connectivity index (χ1) is 13.9. The number of anilines is 2. The lowest BCUT2D eigenvalue weighted by molar-refractivity contribution is -0.115. The highest BCUT2D eigenvalue weighted by molar-refractivity contribution is 5.91. The quantitative estimate of drug-likeness (QED) is 0.695. The molecule has 0 bridgehead atoms. The number of nitrogens with zero attached hydrogens (tertiary/aromatic N) is 2. The van der Waals surface area contributed by atoms with Gasteiger partial charge in [-0.05, 0) is 43.2 Å². The third-order valence-electron chi connectivity index (χ3n) is 4.85. The summed E-state index contributed by atoms with van der Waals surface area (Å²) in [5.74, 6) is -0.0354. The molecule has 0 radical (unpaired) electrons. The van der Waals surface area contributed by atoms with Gasteiger partial charge in [-0.2, -0.15) is 0 Å². The Morgan fingerprint density at radius 3 is 2.31 bits per heavy atom. The Kier molecular flexibility index (Phi) is 8.07. The van der Waals surface area contributed by atoms with Crippen molar-refractivity contribution in [2.45, 2.75) is 39.8 Å². The van der Waals surface area contributed by atoms with Gasteiger partial charge < -0.3 is 20.4 Å². The van der Waals surface area contributed by atoms with Crippen molar-refractivity contribution in [3.8, 4) is 0 Å². The second-order valence-corrected chi connectivity index (χ2v) is 7.19. The molecular formula is C23H32N4O2. The minimum atomic E-state index is -0.114. The molecule has 0 heterocycles. The van der Waals surface area contributed by atoms with Crippen molar-refractivity contribution in [1.29, 1.82) is 0 Å². The third kappa shape index (κ3) is 5.98. The van der Waals surface area contributed by atoms with Crippen LogP contribution < -0.4 is 15.5 Å². The van der Waals surface area contributed by atoms with E-state index < -0.39 is 0 Å². The second-order valence-electron chi connectivity index (χ2n) is 7.19. The van der Waals surface area contributed by atoms with E-state index in [2.05, 4.69) is 10.6 Å². The highest BCUT2D eigenvalue weighted by Gasteiger charge is 2.23. The van der Waals surface area contributed by atoms with Gasteiger partial charge in [-0.3, -0.25) is 4.79 Å². The second kappa shape index (κ2) is 10.5. The van der Waals surface area contributed by atoms with Gasteiger partial charge >= 0.3 is 6.03 Å². The van der Waals surface area contributed by atoms with E-state index in [9.17, 15) is 9.59 Å². The van der Waals surface area contributed by atoms with Crippen molar-refractivity contribution in [3.05, 3.63) is 59.7 Å². The largest absolute Gasteiger partial charge is 0.377 e. The maximum Gasteiger partial charge on any atom is 0.318 e. The molecular weight excluding hydrogens is 364 g/mol. The van der Waals surface area contributed by atoms with E-state index in [1.807, 2.05) is 93.2 Å². The predicted octanol–water partition coefficient (Wildman–Crippen LogP) is 4.39. The summed E-state index contributed by atoms with van der Waals surface area (Å²) < 4.78 is 0. The zero-order chi connectivity index (χ0) is 21.4. The first-order valence-corrected chi connectivity index (χ1v) is 10.1. The van der Waals surface area contributed by atoms with Gasteiger partial charge in [-0.15, -0.1) is 0 Å². The summed E-state index contributed by atoms with van der Waals surface area (Å²) in [6.07, 6.45) is 0.417. The van der Waals surface area contributed by atoms with Crippen LogP contribution in [0.25, 0.3) is 0 Å². The Morgan fingerprint density at radius 1 is 1.03 bits per heavy atom. The van der Waals surface area contributed by atoms with Crippen LogP contribution in [0.1, 0.15) is 44.4 Å². The Hall–Kier alpha value is -3.02. The highest BCUT2D eigenvalue weighted by atomic mass is 16.2. The molecule has 2 N–H and O–H groups in total. The number of rotatable bonds is 8. The van der Waals surface area contributed by atoms with Crippen LogP contribution in [0.3, 0.4) is 0 Å². The van der Waals surface area contributed by atoms with Gasteiger partial charge in [0.2, 0.25) is 5.91 Å². The SMILES string of the molecule is CCNC(=O)N(Cc1cc(NC(=O)CC)ccc1N(C)C)[C@H](C)c1ccccc1. The Balaban J connectivity index is 2.41. The fraction of sp³-hybridized carbons (Fsp3) is 0.391. The molecule has 6 heteroatoms. The molecule has 2 aromatic rings. The lowest BCUT2D eigenvalue weighted by Crippen LogP contribution is -2.41. The number of hydrogen-bond donors (Lipinski definition) is 2. The Bertz CT molecular complexity index is 821. The van der Waals surface area contributed by atoms with Crippen LogP contribution in [0, 0.1) is 0 Å². The van der Waals surface area contributed by atoms with E-state index in [0.29, 0.717) is 19.5 Å². The molecule has 0 aliphatic heterocycles. The molecule has 0 saturated carbocycles. The normalized spacial score (nSPS) is 11.5. The maximum atomic E-state index is 12.9. The van der Waals surface area contributed by atoms with Gasteiger partial charge in [0, 0.05) is 38.4 Å². The van der Waals surface area contributed by atoms with E-state index >= 15 is 0 Å². The smallest absolute Gasteiger partial charge is 0.318 e. The fourth-order valence-electron chi connectivity index (χ4n) is 3.21. The summed E-state index contributed by atoms with van der Waals surface area (Å²) in [5, 5.41) is 5.83. The summed E-state index contributed by atoms with van der Waals surface area (Å²) >= 11 is 0. The molecule has 2 aromatic carbocycles. The number of carbonyl (C=O) groups excluding carboxylic acids is 2. The Labute approximate surface area is 173 Å². The lowest BCUT2D eigenvalue weighted by atomic mass is 10.0. The summed E-state index contributed by atoms with van der Waals surface area (Å²) in [4.78, 5) is 28.6. The van der Waals surface area contributed by atoms with Crippen LogP contribution in [0.2, 0.25) is 0 Å². The molecule has 0 aliphatic rings. The minimum Gasteiger partial charge on any atom is -0.377 e. The molecule has 0 aromatic heterocycles. The number of nitrogens with one attached hydrogen (secondary N) is 2. The zero-order valence-corrected chi connectivity index (χ0v) is 18.0. The van der Waals surface area contributed by atoms with Crippen LogP contribution in [0.5, 0.6) is 0 Å². The van der Waals surface area contributed by atoms with E-state index in [0.717, 1.165) is 22.5 Å². The van der Waals surface area contributed by atoms with Crippen LogP contribution >= 0.6 is 0 Å². The summed E-state index contributed by atoms with van der Waals surface area (Å²) in [7, 11) is 3.94. The molecule has 3 amide bonds. The highest BCUT2D eigenvalue weighted by Crippen LogP contribution is 2.28. The minimum absolute atomic E-state index is 0.0354. The van der Waals surface area contributed by atoms with E-state index in [4.69, 9.17) is 0 Å². The number of urea groups is 1.